The van der Waals surface area contributed by atoms with Gasteiger partial charge in [-0.25, -0.2) is 4.39 Å². The Labute approximate surface area is 158 Å². The number of morpholine rings is 1. The molecular weight excluding hydrogens is 359 g/mol. The molecule has 7 heteroatoms. The number of nitrogens with zero attached hydrogens (tertiary/aromatic N) is 1. The molecule has 1 saturated carbocycles. The van der Waals surface area contributed by atoms with E-state index in [1.54, 1.807) is 0 Å². The minimum Gasteiger partial charge on any atom is -0.482 e. The van der Waals surface area contributed by atoms with Gasteiger partial charge in [-0.05, 0) is 31.0 Å². The first-order valence-corrected chi connectivity index (χ1v) is 9.64. The maximum Gasteiger partial charge on any atom is 0.258 e. The van der Waals surface area contributed by atoms with Gasteiger partial charge in [0, 0.05) is 25.2 Å². The highest BCUT2D eigenvalue weighted by atomic mass is 35.5. The van der Waals surface area contributed by atoms with E-state index >= 15 is 0 Å². The topological polar surface area (TPSA) is 50.8 Å². The van der Waals surface area contributed by atoms with Crippen LogP contribution in [0.5, 0.6) is 5.75 Å². The first-order valence-electron chi connectivity index (χ1n) is 9.26. The zero-order valence-electron chi connectivity index (χ0n) is 14.9. The Morgan fingerprint density at radius 2 is 2.00 bits per heavy atom. The average Bonchev–Trinajstić information content (AvgIpc) is 2.67. The molecule has 0 spiro atoms. The Balaban J connectivity index is 1.53. The highest BCUT2D eigenvalue weighted by molar-refractivity contribution is 6.32. The lowest BCUT2D eigenvalue weighted by Gasteiger charge is -2.48. The van der Waals surface area contributed by atoms with Crippen molar-refractivity contribution in [3.05, 3.63) is 29.0 Å². The van der Waals surface area contributed by atoms with Crippen molar-refractivity contribution in [2.24, 2.45) is 0 Å². The monoisotopic (exact) mass is 384 g/mol. The largest absolute Gasteiger partial charge is 0.482 e. The van der Waals surface area contributed by atoms with Crippen LogP contribution in [0.4, 0.5) is 4.39 Å². The maximum atomic E-state index is 13.1. The highest BCUT2D eigenvalue weighted by Gasteiger charge is 2.38. The molecule has 2 aliphatic rings. The van der Waals surface area contributed by atoms with Gasteiger partial charge in [-0.3, -0.25) is 9.69 Å². The Kier molecular flexibility index (Phi) is 6.73. The van der Waals surface area contributed by atoms with Gasteiger partial charge in [-0.2, -0.15) is 0 Å². The van der Waals surface area contributed by atoms with Crippen LogP contribution in [0.1, 0.15) is 32.1 Å². The smallest absolute Gasteiger partial charge is 0.258 e. The predicted molar refractivity (Wildman–Crippen MR) is 98.1 cm³/mol. The fourth-order valence-electron chi connectivity index (χ4n) is 3.90. The van der Waals surface area contributed by atoms with Gasteiger partial charge in [-0.1, -0.05) is 30.9 Å². The summed E-state index contributed by atoms with van der Waals surface area (Å²) in [7, 11) is 0. The van der Waals surface area contributed by atoms with E-state index in [1.165, 1.54) is 37.5 Å². The SMILES string of the molecule is O=C(COc1ccc(F)cc1Cl)NCC1(N2CCOCC2)CCCCC1. The Bertz CT molecular complexity index is 617. The third kappa shape index (κ3) is 4.87. The van der Waals surface area contributed by atoms with Crippen LogP contribution in [0.2, 0.25) is 5.02 Å². The summed E-state index contributed by atoms with van der Waals surface area (Å²) in [4.78, 5) is 14.7. The number of carbonyl (C=O) groups excluding carboxylic acids is 1. The molecule has 1 saturated heterocycles. The fraction of sp³-hybridized carbons (Fsp3) is 0.632. The number of halogens is 2. The molecule has 1 aliphatic heterocycles. The number of carbonyl (C=O) groups is 1. The van der Waals surface area contributed by atoms with Crippen LogP contribution in [-0.4, -0.2) is 55.8 Å². The molecule has 0 unspecified atom stereocenters. The van der Waals surface area contributed by atoms with Gasteiger partial charge < -0.3 is 14.8 Å². The van der Waals surface area contributed by atoms with Crippen molar-refractivity contribution in [1.29, 1.82) is 0 Å². The molecule has 26 heavy (non-hydrogen) atoms. The lowest BCUT2D eigenvalue weighted by atomic mass is 9.79. The van der Waals surface area contributed by atoms with Gasteiger partial charge >= 0.3 is 0 Å². The van der Waals surface area contributed by atoms with Crippen LogP contribution in [0.15, 0.2) is 18.2 Å². The number of amides is 1. The summed E-state index contributed by atoms with van der Waals surface area (Å²) >= 11 is 5.92. The summed E-state index contributed by atoms with van der Waals surface area (Å²) in [5, 5.41) is 3.19. The van der Waals surface area contributed by atoms with Crippen LogP contribution >= 0.6 is 11.6 Å². The van der Waals surface area contributed by atoms with Gasteiger partial charge in [0.2, 0.25) is 0 Å². The van der Waals surface area contributed by atoms with Crippen LogP contribution in [0.3, 0.4) is 0 Å². The van der Waals surface area contributed by atoms with E-state index in [0.29, 0.717) is 12.3 Å². The molecule has 144 valence electrons. The molecular formula is C19H26ClFN2O3. The minimum absolute atomic E-state index is 0.0191. The zero-order chi connectivity index (χ0) is 18.4. The summed E-state index contributed by atoms with van der Waals surface area (Å²) in [6.45, 7) is 3.82. The summed E-state index contributed by atoms with van der Waals surface area (Å²) in [5.41, 5.74) is 0.0191. The van der Waals surface area contributed by atoms with Crippen molar-refractivity contribution in [3.8, 4) is 5.75 Å². The molecule has 1 aliphatic carbocycles. The molecule has 5 nitrogen and oxygen atoms in total. The number of ether oxygens (including phenoxy) is 2. The van der Waals surface area contributed by atoms with E-state index in [1.807, 2.05) is 0 Å². The first-order chi connectivity index (χ1) is 12.6. The van der Waals surface area contributed by atoms with Crippen molar-refractivity contribution in [2.45, 2.75) is 37.6 Å². The molecule has 1 amide bonds. The molecule has 0 radical (unpaired) electrons. The predicted octanol–water partition coefficient (Wildman–Crippen LogP) is 3.01. The summed E-state index contributed by atoms with van der Waals surface area (Å²) in [5.74, 6) is -0.316. The second kappa shape index (κ2) is 9.02. The van der Waals surface area contributed by atoms with E-state index in [-0.39, 0.29) is 23.1 Å². The first kappa shape index (κ1) is 19.4. The second-order valence-electron chi connectivity index (χ2n) is 7.02. The van der Waals surface area contributed by atoms with Crippen LogP contribution < -0.4 is 10.1 Å². The van der Waals surface area contributed by atoms with E-state index in [4.69, 9.17) is 21.1 Å². The Hall–Kier alpha value is -1.37. The second-order valence-corrected chi connectivity index (χ2v) is 7.43. The normalized spacial score (nSPS) is 20.5. The molecule has 2 fully saturated rings. The van der Waals surface area contributed by atoms with Crippen LogP contribution in [0, 0.1) is 5.82 Å². The van der Waals surface area contributed by atoms with E-state index < -0.39 is 5.82 Å². The standard InChI is InChI=1S/C19H26ClFN2O3/c20-16-12-15(21)4-5-17(16)26-13-18(24)22-14-19(6-2-1-3-7-19)23-8-10-25-11-9-23/h4-5,12H,1-3,6-11,13-14H2,(H,22,24). The third-order valence-corrected chi connectivity index (χ3v) is 5.63. The number of rotatable bonds is 6. The molecule has 0 aromatic heterocycles. The van der Waals surface area contributed by atoms with Crippen molar-refractivity contribution < 1.29 is 18.7 Å². The van der Waals surface area contributed by atoms with Crippen molar-refractivity contribution >= 4 is 17.5 Å². The fourth-order valence-corrected chi connectivity index (χ4v) is 4.12. The zero-order valence-corrected chi connectivity index (χ0v) is 15.7. The van der Waals surface area contributed by atoms with E-state index in [0.717, 1.165) is 39.1 Å². The quantitative estimate of drug-likeness (QED) is 0.819. The number of nitrogens with one attached hydrogen (secondary N) is 1. The number of hydrogen-bond acceptors (Lipinski definition) is 4. The van der Waals surface area contributed by atoms with E-state index in [2.05, 4.69) is 10.2 Å². The van der Waals surface area contributed by atoms with Gasteiger partial charge in [-0.15, -0.1) is 0 Å². The molecule has 0 atom stereocenters. The van der Waals surface area contributed by atoms with E-state index in [9.17, 15) is 9.18 Å². The molecule has 1 heterocycles. The molecule has 1 aromatic carbocycles. The number of hydrogen-bond donors (Lipinski definition) is 1. The summed E-state index contributed by atoms with van der Waals surface area (Å²) in [6.07, 6.45) is 5.83. The number of benzene rings is 1. The average molecular weight is 385 g/mol. The Morgan fingerprint density at radius 3 is 2.69 bits per heavy atom. The summed E-state index contributed by atoms with van der Waals surface area (Å²) < 4.78 is 24.0. The summed E-state index contributed by atoms with van der Waals surface area (Å²) in [6, 6.07) is 3.86. The van der Waals surface area contributed by atoms with Crippen LogP contribution in [0.25, 0.3) is 0 Å². The maximum absolute atomic E-state index is 13.1. The molecule has 1 N–H and O–H groups in total. The van der Waals surface area contributed by atoms with Gasteiger partial charge in [0.15, 0.2) is 6.61 Å². The minimum atomic E-state index is -0.434. The van der Waals surface area contributed by atoms with Crippen molar-refractivity contribution in [3.63, 3.8) is 0 Å². The lowest BCUT2D eigenvalue weighted by Crippen LogP contribution is -2.60. The van der Waals surface area contributed by atoms with Gasteiger partial charge in [0.05, 0.1) is 18.2 Å². The van der Waals surface area contributed by atoms with Crippen molar-refractivity contribution in [2.75, 3.05) is 39.5 Å². The molecule has 1 aromatic rings. The van der Waals surface area contributed by atoms with Gasteiger partial charge in [0.25, 0.3) is 5.91 Å². The highest BCUT2D eigenvalue weighted by Crippen LogP contribution is 2.34. The lowest BCUT2D eigenvalue weighted by molar-refractivity contribution is -0.124. The molecule has 3 rings (SSSR count). The Morgan fingerprint density at radius 1 is 1.27 bits per heavy atom. The molecule has 0 bridgehead atoms. The van der Waals surface area contributed by atoms with Crippen LogP contribution in [-0.2, 0) is 9.53 Å². The van der Waals surface area contributed by atoms with Gasteiger partial charge in [0.1, 0.15) is 11.6 Å². The third-order valence-electron chi connectivity index (χ3n) is 5.33. The van der Waals surface area contributed by atoms with Crippen molar-refractivity contribution in [1.82, 2.24) is 10.2 Å².